The molecule has 1 rings (SSSR count). The average molecular weight is 471 g/mol. The summed E-state index contributed by atoms with van der Waals surface area (Å²) in [7, 11) is 0. The third-order valence-corrected chi connectivity index (χ3v) is 3.66. The van der Waals surface area contributed by atoms with Gasteiger partial charge in [-0.1, -0.05) is 22.0 Å². The van der Waals surface area contributed by atoms with Crippen molar-refractivity contribution in [1.82, 2.24) is 0 Å². The number of Topliss-reactive ketones (excluding diaryl/α,β-unsaturated/α-hetero) is 1. The van der Waals surface area contributed by atoms with E-state index in [4.69, 9.17) is 0 Å². The fourth-order valence-electron chi connectivity index (χ4n) is 1.58. The standard InChI is InChI=1S/C12H3BrF12O/c13-6-2-1-4(3-5(6)9(16,17)18)7(26)8(14,15)10(19,20)11(21,22)12(23,24)25/h1-3H. The summed E-state index contributed by atoms with van der Waals surface area (Å²) in [5.41, 5.74) is -3.66. The maximum absolute atomic E-state index is 13.5. The molecule has 0 radical (unpaired) electrons. The van der Waals surface area contributed by atoms with E-state index in [9.17, 15) is 57.5 Å². The molecule has 0 N–H and O–H groups in total. The fourth-order valence-corrected chi connectivity index (χ4v) is 2.05. The average Bonchev–Trinajstić information content (AvgIpc) is 2.44. The van der Waals surface area contributed by atoms with Crippen LogP contribution in [0.3, 0.4) is 0 Å². The van der Waals surface area contributed by atoms with Crippen LogP contribution in [0, 0.1) is 0 Å². The van der Waals surface area contributed by atoms with Crippen LogP contribution in [0.2, 0.25) is 0 Å². The quantitative estimate of drug-likeness (QED) is 0.382. The van der Waals surface area contributed by atoms with Gasteiger partial charge in [-0.3, -0.25) is 4.79 Å². The van der Waals surface area contributed by atoms with Crippen LogP contribution in [0.15, 0.2) is 22.7 Å². The van der Waals surface area contributed by atoms with E-state index in [0.29, 0.717) is 6.07 Å². The molecule has 0 fully saturated rings. The van der Waals surface area contributed by atoms with Crippen molar-refractivity contribution in [2.45, 2.75) is 30.1 Å². The van der Waals surface area contributed by atoms with Crippen LogP contribution in [0.5, 0.6) is 0 Å². The van der Waals surface area contributed by atoms with Crippen molar-refractivity contribution in [1.29, 1.82) is 0 Å². The largest absolute Gasteiger partial charge is 0.460 e. The molecule has 0 aromatic heterocycles. The lowest BCUT2D eigenvalue weighted by molar-refractivity contribution is -0.386. The molecule has 0 atom stereocenters. The van der Waals surface area contributed by atoms with E-state index in [1.807, 2.05) is 0 Å². The van der Waals surface area contributed by atoms with Crippen molar-refractivity contribution >= 4 is 21.7 Å². The maximum Gasteiger partial charge on any atom is 0.460 e. The van der Waals surface area contributed by atoms with Gasteiger partial charge in [-0.15, -0.1) is 0 Å². The number of benzene rings is 1. The van der Waals surface area contributed by atoms with E-state index in [1.54, 1.807) is 0 Å². The fraction of sp³-hybridized carbons (Fsp3) is 0.417. The van der Waals surface area contributed by atoms with Gasteiger partial charge in [0.2, 0.25) is 5.78 Å². The Bertz CT molecular complexity index is 703. The third kappa shape index (κ3) is 3.51. The highest BCUT2D eigenvalue weighted by atomic mass is 79.9. The maximum atomic E-state index is 13.5. The molecule has 1 aromatic carbocycles. The van der Waals surface area contributed by atoms with Gasteiger partial charge in [0.25, 0.3) is 0 Å². The topological polar surface area (TPSA) is 17.1 Å². The van der Waals surface area contributed by atoms with Crippen LogP contribution in [0.1, 0.15) is 15.9 Å². The van der Waals surface area contributed by atoms with Crippen molar-refractivity contribution in [2.75, 3.05) is 0 Å². The summed E-state index contributed by atoms with van der Waals surface area (Å²) in [5.74, 6) is -24.6. The zero-order valence-corrected chi connectivity index (χ0v) is 13.1. The van der Waals surface area contributed by atoms with E-state index < -0.39 is 51.5 Å². The highest BCUT2D eigenvalue weighted by Crippen LogP contribution is 2.54. The SMILES string of the molecule is O=C(c1ccc(Br)c(C(F)(F)F)c1)C(F)(F)C(F)(F)C(F)(F)C(F)(F)F. The lowest BCUT2D eigenvalue weighted by atomic mass is 9.95. The Morgan fingerprint density at radius 1 is 0.769 bits per heavy atom. The van der Waals surface area contributed by atoms with Crippen LogP contribution >= 0.6 is 15.9 Å². The minimum atomic E-state index is -7.33. The van der Waals surface area contributed by atoms with E-state index in [0.717, 1.165) is 0 Å². The minimum absolute atomic E-state index is 0.122. The van der Waals surface area contributed by atoms with Gasteiger partial charge in [-0.05, 0) is 12.1 Å². The molecule has 0 spiro atoms. The Labute approximate surface area is 144 Å². The molecule has 1 nitrogen and oxygen atoms in total. The highest BCUT2D eigenvalue weighted by Gasteiger charge is 2.83. The first-order valence-corrected chi connectivity index (χ1v) is 6.69. The minimum Gasteiger partial charge on any atom is -0.287 e. The summed E-state index contributed by atoms with van der Waals surface area (Å²) in [6, 6.07) is 0.0473. The van der Waals surface area contributed by atoms with Crippen molar-refractivity contribution in [3.63, 3.8) is 0 Å². The van der Waals surface area contributed by atoms with Crippen molar-refractivity contribution < 1.29 is 57.5 Å². The molecule has 0 aliphatic rings. The first kappa shape index (κ1) is 22.6. The molecule has 0 heterocycles. The number of hydrogen-bond donors (Lipinski definition) is 0. The van der Waals surface area contributed by atoms with E-state index in [1.165, 1.54) is 0 Å². The molecule has 0 aliphatic carbocycles. The molecule has 14 heteroatoms. The van der Waals surface area contributed by atoms with Crippen LogP contribution in [0.4, 0.5) is 52.7 Å². The van der Waals surface area contributed by atoms with Gasteiger partial charge in [0.15, 0.2) is 0 Å². The molecule has 0 bridgehead atoms. The molecule has 0 saturated carbocycles. The Morgan fingerprint density at radius 2 is 1.23 bits per heavy atom. The molecule has 0 unspecified atom stereocenters. The zero-order valence-electron chi connectivity index (χ0n) is 11.6. The van der Waals surface area contributed by atoms with Crippen LogP contribution < -0.4 is 0 Å². The van der Waals surface area contributed by atoms with Gasteiger partial charge >= 0.3 is 30.1 Å². The first-order chi connectivity index (χ1) is 11.3. The summed E-state index contributed by atoms with van der Waals surface area (Å²) in [5, 5.41) is 0. The number of hydrogen-bond acceptors (Lipinski definition) is 1. The summed E-state index contributed by atoms with van der Waals surface area (Å²) >= 11 is 2.33. The van der Waals surface area contributed by atoms with Crippen molar-refractivity contribution in [3.05, 3.63) is 33.8 Å². The first-order valence-electron chi connectivity index (χ1n) is 5.90. The molecule has 1 aromatic rings. The molecular weight excluding hydrogens is 468 g/mol. The molecule has 0 amide bonds. The van der Waals surface area contributed by atoms with Gasteiger partial charge in [-0.25, -0.2) is 0 Å². The van der Waals surface area contributed by atoms with Crippen LogP contribution in [0.25, 0.3) is 0 Å². The lowest BCUT2D eigenvalue weighted by Crippen LogP contribution is -2.63. The predicted octanol–water partition coefficient (Wildman–Crippen LogP) is 6.12. The van der Waals surface area contributed by atoms with Gasteiger partial charge in [0.05, 0.1) is 5.56 Å². The lowest BCUT2D eigenvalue weighted by Gasteiger charge is -2.32. The summed E-state index contributed by atoms with van der Waals surface area (Å²) in [4.78, 5) is 11.4. The molecular formula is C12H3BrF12O. The second-order valence-corrected chi connectivity index (χ2v) is 5.60. The number of carbonyl (C=O) groups excluding carboxylic acids is 1. The van der Waals surface area contributed by atoms with E-state index >= 15 is 0 Å². The molecule has 148 valence electrons. The van der Waals surface area contributed by atoms with Crippen molar-refractivity contribution in [3.8, 4) is 0 Å². The summed E-state index contributed by atoms with van der Waals surface area (Å²) in [6.07, 6.45) is -12.4. The van der Waals surface area contributed by atoms with Gasteiger partial charge in [0, 0.05) is 10.0 Å². The molecule has 0 aliphatic heterocycles. The number of halogens is 13. The summed E-state index contributed by atoms with van der Waals surface area (Å²) < 4.78 is 152. The van der Waals surface area contributed by atoms with E-state index in [2.05, 4.69) is 15.9 Å². The Balaban J connectivity index is 3.49. The normalized spacial score (nSPS) is 14.5. The second kappa shape index (κ2) is 6.30. The number of rotatable bonds is 4. The number of ketones is 1. The monoisotopic (exact) mass is 470 g/mol. The zero-order chi connectivity index (χ0) is 20.9. The Kier molecular flexibility index (Phi) is 5.47. The Morgan fingerprint density at radius 3 is 1.62 bits per heavy atom. The van der Waals surface area contributed by atoms with Crippen LogP contribution in [-0.2, 0) is 6.18 Å². The van der Waals surface area contributed by atoms with Gasteiger partial charge < -0.3 is 0 Å². The predicted molar refractivity (Wildman–Crippen MR) is 64.4 cm³/mol. The van der Waals surface area contributed by atoms with Crippen LogP contribution in [-0.4, -0.2) is 29.7 Å². The number of carbonyl (C=O) groups is 1. The molecule has 26 heavy (non-hydrogen) atoms. The van der Waals surface area contributed by atoms with Crippen molar-refractivity contribution in [2.24, 2.45) is 0 Å². The summed E-state index contributed by atoms with van der Waals surface area (Å²) in [6.45, 7) is 0. The van der Waals surface area contributed by atoms with Gasteiger partial charge in [-0.2, -0.15) is 52.7 Å². The highest BCUT2D eigenvalue weighted by molar-refractivity contribution is 9.10. The second-order valence-electron chi connectivity index (χ2n) is 4.74. The Hall–Kier alpha value is -1.47. The van der Waals surface area contributed by atoms with E-state index in [-0.39, 0.29) is 12.1 Å². The number of alkyl halides is 12. The molecule has 0 saturated heterocycles. The van der Waals surface area contributed by atoms with Gasteiger partial charge in [0.1, 0.15) is 0 Å². The smallest absolute Gasteiger partial charge is 0.287 e. The third-order valence-electron chi connectivity index (χ3n) is 2.96.